The molecule has 140 valence electrons. The van der Waals surface area contributed by atoms with E-state index in [1.807, 2.05) is 12.2 Å². The molecule has 0 aromatic rings. The summed E-state index contributed by atoms with van der Waals surface area (Å²) in [5.41, 5.74) is 0. The van der Waals surface area contributed by atoms with Gasteiger partial charge in [-0.05, 0) is 38.5 Å². The first-order valence-electron chi connectivity index (χ1n) is 10.0. The van der Waals surface area contributed by atoms with Gasteiger partial charge >= 0.3 is 6.03 Å². The molecule has 24 heavy (non-hydrogen) atoms. The predicted molar refractivity (Wildman–Crippen MR) is 106 cm³/mol. The summed E-state index contributed by atoms with van der Waals surface area (Å²) in [5.74, 6) is 0. The first kappa shape index (κ1) is 22.8. The second-order valence-electron chi connectivity index (χ2n) is 6.58. The zero-order valence-corrected chi connectivity index (χ0v) is 15.8. The molecule has 0 bridgehead atoms. The number of hydrogen-bond acceptors (Lipinski definition) is 1. The molecule has 0 aliphatic heterocycles. The minimum Gasteiger partial charge on any atom is -0.338 e. The minimum atomic E-state index is -0.00744. The SMILES string of the molecule is C=CCCCCCCCCNC(=O)NCCCCCCCCC=C. The van der Waals surface area contributed by atoms with Crippen LogP contribution in [0.5, 0.6) is 0 Å². The lowest BCUT2D eigenvalue weighted by atomic mass is 10.1. The molecule has 0 aliphatic rings. The number of unbranched alkanes of at least 4 members (excludes halogenated alkanes) is 12. The zero-order chi connectivity index (χ0) is 17.7. The molecule has 2 N–H and O–H groups in total. The Balaban J connectivity index is 3.16. The second-order valence-corrected chi connectivity index (χ2v) is 6.58. The highest BCUT2D eigenvalue weighted by atomic mass is 16.2. The monoisotopic (exact) mass is 336 g/mol. The first-order chi connectivity index (χ1) is 11.8. The fourth-order valence-electron chi connectivity index (χ4n) is 2.71. The maximum Gasteiger partial charge on any atom is 0.314 e. The number of amides is 2. The summed E-state index contributed by atoms with van der Waals surface area (Å²) in [6, 6.07) is -0.00744. The van der Waals surface area contributed by atoms with Gasteiger partial charge in [0.2, 0.25) is 0 Å². The van der Waals surface area contributed by atoms with Crippen LogP contribution in [-0.4, -0.2) is 19.1 Å². The van der Waals surface area contributed by atoms with Gasteiger partial charge in [0.15, 0.2) is 0 Å². The minimum absolute atomic E-state index is 0.00744. The van der Waals surface area contributed by atoms with Crippen LogP contribution in [0.4, 0.5) is 4.79 Å². The molecule has 0 aromatic heterocycles. The van der Waals surface area contributed by atoms with Crippen molar-refractivity contribution < 1.29 is 4.79 Å². The smallest absolute Gasteiger partial charge is 0.314 e. The van der Waals surface area contributed by atoms with E-state index < -0.39 is 0 Å². The number of carbonyl (C=O) groups is 1. The average molecular weight is 337 g/mol. The zero-order valence-electron chi connectivity index (χ0n) is 15.8. The topological polar surface area (TPSA) is 41.1 Å². The van der Waals surface area contributed by atoms with Crippen LogP contribution >= 0.6 is 0 Å². The Kier molecular flexibility index (Phi) is 18.8. The summed E-state index contributed by atoms with van der Waals surface area (Å²) in [6.07, 6.45) is 21.1. The fourth-order valence-corrected chi connectivity index (χ4v) is 2.71. The van der Waals surface area contributed by atoms with Crippen molar-refractivity contribution in [1.29, 1.82) is 0 Å². The average Bonchev–Trinajstić information content (AvgIpc) is 2.59. The molecule has 0 aromatic carbocycles. The van der Waals surface area contributed by atoms with Crippen LogP contribution in [0.3, 0.4) is 0 Å². The van der Waals surface area contributed by atoms with E-state index in [0.29, 0.717) is 0 Å². The van der Waals surface area contributed by atoms with E-state index in [9.17, 15) is 4.79 Å². The third-order valence-corrected chi connectivity index (χ3v) is 4.24. The van der Waals surface area contributed by atoms with Crippen molar-refractivity contribution in [3.8, 4) is 0 Å². The highest BCUT2D eigenvalue weighted by molar-refractivity contribution is 5.73. The normalized spacial score (nSPS) is 10.3. The molecular formula is C21H40N2O. The van der Waals surface area contributed by atoms with E-state index in [1.54, 1.807) is 0 Å². The summed E-state index contributed by atoms with van der Waals surface area (Å²) >= 11 is 0. The van der Waals surface area contributed by atoms with E-state index in [0.717, 1.165) is 38.8 Å². The van der Waals surface area contributed by atoms with Gasteiger partial charge in [-0.25, -0.2) is 4.79 Å². The van der Waals surface area contributed by atoms with Crippen molar-refractivity contribution in [2.24, 2.45) is 0 Å². The van der Waals surface area contributed by atoms with E-state index in [-0.39, 0.29) is 6.03 Å². The standard InChI is InChI=1S/C21H40N2O/c1-3-5-7-9-11-13-15-17-19-22-21(24)23-20-18-16-14-12-10-8-6-4-2/h3-4H,1-2,5-20H2,(H2,22,23,24). The Morgan fingerprint density at radius 3 is 1.29 bits per heavy atom. The number of hydrogen-bond donors (Lipinski definition) is 2. The largest absolute Gasteiger partial charge is 0.338 e. The molecule has 3 nitrogen and oxygen atoms in total. The van der Waals surface area contributed by atoms with E-state index in [4.69, 9.17) is 0 Å². The summed E-state index contributed by atoms with van der Waals surface area (Å²) in [4.78, 5) is 11.6. The molecule has 2 amide bonds. The number of rotatable bonds is 18. The third-order valence-electron chi connectivity index (χ3n) is 4.24. The fraction of sp³-hybridized carbons (Fsp3) is 0.762. The van der Waals surface area contributed by atoms with Gasteiger partial charge in [0.1, 0.15) is 0 Å². The predicted octanol–water partition coefficient (Wildman–Crippen LogP) is 6.12. The van der Waals surface area contributed by atoms with Crippen LogP contribution in [0.1, 0.15) is 89.9 Å². The van der Waals surface area contributed by atoms with Crippen molar-refractivity contribution in [2.75, 3.05) is 13.1 Å². The molecule has 3 heteroatoms. The lowest BCUT2D eigenvalue weighted by molar-refractivity contribution is 0.240. The number of carbonyl (C=O) groups excluding carboxylic acids is 1. The summed E-state index contributed by atoms with van der Waals surface area (Å²) in [5, 5.41) is 5.89. The Bertz CT molecular complexity index is 274. The van der Waals surface area contributed by atoms with Crippen LogP contribution in [-0.2, 0) is 0 Å². The van der Waals surface area contributed by atoms with Gasteiger partial charge in [-0.1, -0.05) is 63.5 Å². The number of urea groups is 1. The first-order valence-corrected chi connectivity index (χ1v) is 10.0. The van der Waals surface area contributed by atoms with Crippen LogP contribution in [0.25, 0.3) is 0 Å². The lowest BCUT2D eigenvalue weighted by Crippen LogP contribution is -2.36. The summed E-state index contributed by atoms with van der Waals surface area (Å²) in [6.45, 7) is 9.06. The van der Waals surface area contributed by atoms with E-state index in [2.05, 4.69) is 23.8 Å². The molecule has 0 aliphatic carbocycles. The Morgan fingerprint density at radius 2 is 0.917 bits per heavy atom. The number of nitrogens with one attached hydrogen (secondary N) is 2. The van der Waals surface area contributed by atoms with Crippen molar-refractivity contribution in [2.45, 2.75) is 89.9 Å². The number of allylic oxidation sites excluding steroid dienone is 2. The Labute approximate surface area is 150 Å². The van der Waals surface area contributed by atoms with Crippen molar-refractivity contribution >= 4 is 6.03 Å². The van der Waals surface area contributed by atoms with Gasteiger partial charge in [0.05, 0.1) is 0 Å². The molecule has 0 rings (SSSR count). The maximum absolute atomic E-state index is 11.6. The van der Waals surface area contributed by atoms with Crippen LogP contribution in [0.15, 0.2) is 25.3 Å². The van der Waals surface area contributed by atoms with Crippen molar-refractivity contribution in [3.63, 3.8) is 0 Å². The van der Waals surface area contributed by atoms with Gasteiger partial charge in [-0.2, -0.15) is 0 Å². The van der Waals surface area contributed by atoms with Crippen LogP contribution < -0.4 is 10.6 Å². The van der Waals surface area contributed by atoms with Gasteiger partial charge in [-0.15, -0.1) is 13.2 Å². The highest BCUT2D eigenvalue weighted by Gasteiger charge is 1.98. The Morgan fingerprint density at radius 1 is 0.583 bits per heavy atom. The van der Waals surface area contributed by atoms with Crippen molar-refractivity contribution in [1.82, 2.24) is 10.6 Å². The quantitative estimate of drug-likeness (QED) is 0.230. The summed E-state index contributed by atoms with van der Waals surface area (Å²) < 4.78 is 0. The summed E-state index contributed by atoms with van der Waals surface area (Å²) in [7, 11) is 0. The van der Waals surface area contributed by atoms with Gasteiger partial charge in [-0.3, -0.25) is 0 Å². The third kappa shape index (κ3) is 18.8. The molecule has 0 saturated carbocycles. The molecule has 0 unspecified atom stereocenters. The Hall–Kier alpha value is -1.25. The molecule has 0 saturated heterocycles. The maximum atomic E-state index is 11.6. The highest BCUT2D eigenvalue weighted by Crippen LogP contribution is 2.07. The van der Waals surface area contributed by atoms with Gasteiger partial charge in [0, 0.05) is 13.1 Å². The molecule has 0 fully saturated rings. The second kappa shape index (κ2) is 19.8. The molecule has 0 radical (unpaired) electrons. The van der Waals surface area contributed by atoms with Crippen LogP contribution in [0.2, 0.25) is 0 Å². The molecular weight excluding hydrogens is 296 g/mol. The van der Waals surface area contributed by atoms with E-state index >= 15 is 0 Å². The molecule has 0 heterocycles. The van der Waals surface area contributed by atoms with E-state index in [1.165, 1.54) is 64.2 Å². The van der Waals surface area contributed by atoms with Crippen LogP contribution in [0, 0.1) is 0 Å². The molecule has 0 spiro atoms. The van der Waals surface area contributed by atoms with Crippen molar-refractivity contribution in [3.05, 3.63) is 25.3 Å². The van der Waals surface area contributed by atoms with Gasteiger partial charge in [0.25, 0.3) is 0 Å². The van der Waals surface area contributed by atoms with Gasteiger partial charge < -0.3 is 10.6 Å². The molecule has 0 atom stereocenters. The lowest BCUT2D eigenvalue weighted by Gasteiger charge is -2.07.